The molecule has 0 saturated heterocycles. The van der Waals surface area contributed by atoms with Gasteiger partial charge < -0.3 is 15.5 Å². The average Bonchev–Trinajstić information content (AvgIpc) is 3.16. The van der Waals surface area contributed by atoms with E-state index < -0.39 is 17.3 Å². The van der Waals surface area contributed by atoms with E-state index in [0.717, 1.165) is 11.6 Å². The third-order valence-corrected chi connectivity index (χ3v) is 5.05. The molecule has 5 rings (SSSR count). The van der Waals surface area contributed by atoms with E-state index in [1.165, 1.54) is 12.1 Å². The van der Waals surface area contributed by atoms with Crippen molar-refractivity contribution < 1.29 is 18.0 Å². The zero-order valence-corrected chi connectivity index (χ0v) is 16.0. The molecule has 0 bridgehead atoms. The molecule has 2 heterocycles. The summed E-state index contributed by atoms with van der Waals surface area (Å²) in [6.07, 6.45) is 4.85. The highest BCUT2D eigenvalue weighted by molar-refractivity contribution is 6.02. The number of H-pyrrole nitrogens is 1. The predicted molar refractivity (Wildman–Crippen MR) is 109 cm³/mol. The number of nitrogens with one attached hydrogen (secondary N) is 2. The number of carbonyl (C=O) groups excluding carboxylic acids is 1. The number of nitrogens with two attached hydrogens (primary N) is 1. The van der Waals surface area contributed by atoms with Crippen molar-refractivity contribution in [3.05, 3.63) is 71.1 Å². The number of rotatable bonds is 5. The average molecular weight is 422 g/mol. The number of halogens is 2. The van der Waals surface area contributed by atoms with Crippen LogP contribution in [0.15, 0.2) is 40.8 Å². The number of aromatic amines is 1. The summed E-state index contributed by atoms with van der Waals surface area (Å²) in [6.45, 7) is 0. The van der Waals surface area contributed by atoms with Crippen LogP contribution in [-0.4, -0.2) is 26.3 Å². The summed E-state index contributed by atoms with van der Waals surface area (Å²) in [4.78, 5) is 12.4. The lowest BCUT2D eigenvalue weighted by Crippen LogP contribution is -2.19. The van der Waals surface area contributed by atoms with Crippen LogP contribution in [0.25, 0.3) is 23.1 Å². The highest BCUT2D eigenvalue weighted by atomic mass is 19.1. The number of nitrogens with zero attached hydrogens (tertiary/aromatic N) is 3. The fourth-order valence-electron chi connectivity index (χ4n) is 3.10. The van der Waals surface area contributed by atoms with Gasteiger partial charge in [-0.15, -0.1) is 10.2 Å². The van der Waals surface area contributed by atoms with Crippen LogP contribution in [-0.2, 0) is 5.54 Å². The monoisotopic (exact) mass is 422 g/mol. The highest BCUT2D eigenvalue weighted by Crippen LogP contribution is 2.41. The Morgan fingerprint density at radius 3 is 2.68 bits per heavy atom. The maximum Gasteiger partial charge on any atom is 0.313 e. The van der Waals surface area contributed by atoms with Gasteiger partial charge in [0.25, 0.3) is 0 Å². The van der Waals surface area contributed by atoms with E-state index in [1.807, 2.05) is 0 Å². The Hall–Kier alpha value is -3.92. The number of aromatic nitrogens is 4. The molecular formula is C21H16F2N6O2. The van der Waals surface area contributed by atoms with Crippen molar-refractivity contribution in [3.8, 4) is 0 Å². The first-order valence-electron chi connectivity index (χ1n) is 9.47. The van der Waals surface area contributed by atoms with Gasteiger partial charge in [0, 0.05) is 11.1 Å². The second-order valence-corrected chi connectivity index (χ2v) is 7.40. The molecule has 4 aromatic rings. The molecule has 1 aliphatic carbocycles. The van der Waals surface area contributed by atoms with Gasteiger partial charge in [0.2, 0.25) is 5.89 Å². The Kier molecular flexibility index (Phi) is 4.36. The number of amides is 1. The molecule has 0 atom stereocenters. The molecule has 1 fully saturated rings. The Labute approximate surface area is 174 Å². The molecular weight excluding hydrogens is 406 g/mol. The topological polar surface area (TPSA) is 123 Å². The van der Waals surface area contributed by atoms with Crippen molar-refractivity contribution in [1.82, 2.24) is 20.4 Å². The SMILES string of the molecule is NC1(c2nnc(C(=O)Nc3cc(F)c4n[nH]c(/C=C/c5ccc(F)cc5)c4c3)o2)CC1. The number of hydrogen-bond acceptors (Lipinski definition) is 6. The van der Waals surface area contributed by atoms with E-state index >= 15 is 0 Å². The van der Waals surface area contributed by atoms with Crippen LogP contribution in [0, 0.1) is 11.6 Å². The Morgan fingerprint density at radius 2 is 1.94 bits per heavy atom. The molecule has 2 aromatic heterocycles. The fraction of sp³-hybridized carbons (Fsp3) is 0.143. The summed E-state index contributed by atoms with van der Waals surface area (Å²) < 4.78 is 32.9. The summed E-state index contributed by atoms with van der Waals surface area (Å²) in [7, 11) is 0. The van der Waals surface area contributed by atoms with Crippen LogP contribution in [0.5, 0.6) is 0 Å². The quantitative estimate of drug-likeness (QED) is 0.452. The summed E-state index contributed by atoms with van der Waals surface area (Å²) in [6, 6.07) is 8.64. The number of carbonyl (C=O) groups is 1. The van der Waals surface area contributed by atoms with Crippen LogP contribution in [0.2, 0.25) is 0 Å². The van der Waals surface area contributed by atoms with Gasteiger partial charge in [-0.3, -0.25) is 9.89 Å². The fourth-order valence-corrected chi connectivity index (χ4v) is 3.10. The maximum absolute atomic E-state index is 14.5. The van der Waals surface area contributed by atoms with Crippen LogP contribution in [0.4, 0.5) is 14.5 Å². The normalized spacial score (nSPS) is 14.9. The first kappa shape index (κ1) is 19.1. The van der Waals surface area contributed by atoms with Crippen LogP contribution < -0.4 is 11.1 Å². The molecule has 1 aliphatic rings. The Bertz CT molecular complexity index is 1320. The molecule has 31 heavy (non-hydrogen) atoms. The minimum atomic E-state index is -0.673. The van der Waals surface area contributed by atoms with Crippen molar-refractivity contribution in [2.45, 2.75) is 18.4 Å². The van der Waals surface area contributed by atoms with E-state index in [9.17, 15) is 13.6 Å². The van der Waals surface area contributed by atoms with Crippen LogP contribution in [0.1, 0.15) is 40.7 Å². The van der Waals surface area contributed by atoms with Gasteiger partial charge in [-0.2, -0.15) is 5.10 Å². The van der Waals surface area contributed by atoms with Crippen molar-refractivity contribution in [1.29, 1.82) is 0 Å². The van der Waals surface area contributed by atoms with Crippen LogP contribution in [0.3, 0.4) is 0 Å². The van der Waals surface area contributed by atoms with E-state index in [2.05, 4.69) is 25.7 Å². The second-order valence-electron chi connectivity index (χ2n) is 7.40. The third kappa shape index (κ3) is 3.68. The maximum atomic E-state index is 14.5. The lowest BCUT2D eigenvalue weighted by atomic mass is 10.1. The molecule has 0 spiro atoms. The molecule has 0 unspecified atom stereocenters. The zero-order chi connectivity index (χ0) is 21.6. The molecule has 0 radical (unpaired) electrons. The van der Waals surface area contributed by atoms with Gasteiger partial charge in [0.05, 0.1) is 11.2 Å². The summed E-state index contributed by atoms with van der Waals surface area (Å²) in [5.74, 6) is -1.67. The lowest BCUT2D eigenvalue weighted by molar-refractivity contribution is 0.0987. The lowest BCUT2D eigenvalue weighted by Gasteiger charge is -2.04. The van der Waals surface area contributed by atoms with Gasteiger partial charge in [-0.25, -0.2) is 8.78 Å². The first-order chi connectivity index (χ1) is 14.9. The van der Waals surface area contributed by atoms with Crippen molar-refractivity contribution in [3.63, 3.8) is 0 Å². The molecule has 1 saturated carbocycles. The van der Waals surface area contributed by atoms with E-state index in [-0.39, 0.29) is 28.8 Å². The van der Waals surface area contributed by atoms with Gasteiger partial charge in [-0.05, 0) is 48.7 Å². The highest BCUT2D eigenvalue weighted by Gasteiger charge is 2.45. The summed E-state index contributed by atoms with van der Waals surface area (Å²) >= 11 is 0. The van der Waals surface area contributed by atoms with Crippen molar-refractivity contribution >= 4 is 34.6 Å². The molecule has 2 aromatic carbocycles. The molecule has 10 heteroatoms. The minimum Gasteiger partial charge on any atom is -0.415 e. The predicted octanol–water partition coefficient (Wildman–Crippen LogP) is 3.59. The smallest absolute Gasteiger partial charge is 0.313 e. The zero-order valence-electron chi connectivity index (χ0n) is 16.0. The number of anilines is 1. The molecule has 1 amide bonds. The summed E-state index contributed by atoms with van der Waals surface area (Å²) in [5, 5.41) is 17.3. The van der Waals surface area contributed by atoms with Crippen molar-refractivity contribution in [2.24, 2.45) is 5.73 Å². The van der Waals surface area contributed by atoms with Gasteiger partial charge >= 0.3 is 11.8 Å². The van der Waals surface area contributed by atoms with E-state index in [1.54, 1.807) is 30.4 Å². The van der Waals surface area contributed by atoms with Crippen LogP contribution >= 0.6 is 0 Å². The van der Waals surface area contributed by atoms with E-state index in [0.29, 0.717) is 23.9 Å². The standard InChI is InChI=1S/C21H16F2N6O2/c22-12-4-1-11(2-5-12)3-6-16-14-9-13(10-15(23)17(14)27-26-16)25-18(30)19-28-29-20(31-19)21(24)7-8-21/h1-6,9-10H,7-8,24H2,(H,25,30)(H,26,27)/b6-3+. The first-order valence-corrected chi connectivity index (χ1v) is 9.47. The number of benzene rings is 2. The van der Waals surface area contributed by atoms with Crippen molar-refractivity contribution in [2.75, 3.05) is 5.32 Å². The third-order valence-electron chi connectivity index (χ3n) is 5.05. The Balaban J connectivity index is 1.40. The molecule has 4 N–H and O–H groups in total. The number of fused-ring (bicyclic) bond motifs is 1. The van der Waals surface area contributed by atoms with Gasteiger partial charge in [0.15, 0.2) is 5.82 Å². The second kappa shape index (κ2) is 7.10. The van der Waals surface area contributed by atoms with E-state index in [4.69, 9.17) is 10.2 Å². The number of hydrogen-bond donors (Lipinski definition) is 3. The molecule has 156 valence electrons. The molecule has 8 nitrogen and oxygen atoms in total. The summed E-state index contributed by atoms with van der Waals surface area (Å²) in [5.41, 5.74) is 6.93. The van der Waals surface area contributed by atoms with Gasteiger partial charge in [0.1, 0.15) is 11.3 Å². The van der Waals surface area contributed by atoms with Gasteiger partial charge in [-0.1, -0.05) is 18.2 Å². The Morgan fingerprint density at radius 1 is 1.16 bits per heavy atom. The largest absolute Gasteiger partial charge is 0.415 e. The molecule has 0 aliphatic heterocycles. The minimum absolute atomic E-state index is 0.121.